The van der Waals surface area contributed by atoms with Crippen molar-refractivity contribution in [1.82, 2.24) is 0 Å². The minimum Gasteiger partial charge on any atom is -0.475 e. The molecule has 1 N–H and O–H groups in total. The monoisotopic (exact) mass is 193 g/mol. The van der Waals surface area contributed by atoms with Gasteiger partial charge in [-0.15, -0.1) is 0 Å². The molecule has 0 saturated heterocycles. The first-order valence-corrected chi connectivity index (χ1v) is 4.50. The Kier molecular flexibility index (Phi) is 1.26. The Balaban J connectivity index is 2.07. The SMILES string of the molecule is O=C1Nc2ccc(F)cc2OC12CC2. The zero-order valence-electron chi connectivity index (χ0n) is 7.34. The summed E-state index contributed by atoms with van der Waals surface area (Å²) >= 11 is 0. The van der Waals surface area contributed by atoms with E-state index >= 15 is 0 Å². The zero-order chi connectivity index (χ0) is 9.76. The van der Waals surface area contributed by atoms with Crippen molar-refractivity contribution >= 4 is 11.6 Å². The van der Waals surface area contributed by atoms with Crippen molar-refractivity contribution in [1.29, 1.82) is 0 Å². The van der Waals surface area contributed by atoms with Gasteiger partial charge in [0.2, 0.25) is 0 Å². The molecule has 1 aliphatic heterocycles. The maximum Gasteiger partial charge on any atom is 0.268 e. The summed E-state index contributed by atoms with van der Waals surface area (Å²) in [6, 6.07) is 4.11. The maximum absolute atomic E-state index is 12.9. The van der Waals surface area contributed by atoms with Gasteiger partial charge in [-0.05, 0) is 12.1 Å². The summed E-state index contributed by atoms with van der Waals surface area (Å²) in [7, 11) is 0. The molecule has 72 valence electrons. The van der Waals surface area contributed by atoms with E-state index in [1.165, 1.54) is 18.2 Å². The maximum atomic E-state index is 12.9. The highest BCUT2D eigenvalue weighted by molar-refractivity contribution is 6.02. The van der Waals surface area contributed by atoms with Crippen LogP contribution in [-0.4, -0.2) is 11.5 Å². The highest BCUT2D eigenvalue weighted by Crippen LogP contribution is 2.46. The number of nitrogens with one attached hydrogen (secondary N) is 1. The van der Waals surface area contributed by atoms with Crippen molar-refractivity contribution in [2.24, 2.45) is 0 Å². The van der Waals surface area contributed by atoms with Gasteiger partial charge in [0.25, 0.3) is 5.91 Å². The van der Waals surface area contributed by atoms with Crippen LogP contribution in [0.2, 0.25) is 0 Å². The van der Waals surface area contributed by atoms with Gasteiger partial charge in [0.1, 0.15) is 11.6 Å². The predicted octanol–water partition coefficient (Wildman–Crippen LogP) is 1.69. The van der Waals surface area contributed by atoms with Crippen LogP contribution >= 0.6 is 0 Å². The van der Waals surface area contributed by atoms with Crippen molar-refractivity contribution in [2.75, 3.05) is 5.32 Å². The Morgan fingerprint density at radius 1 is 1.43 bits per heavy atom. The third kappa shape index (κ3) is 0.937. The molecule has 1 fully saturated rings. The molecule has 1 aromatic carbocycles. The second-order valence-corrected chi connectivity index (χ2v) is 3.69. The number of benzene rings is 1. The van der Waals surface area contributed by atoms with E-state index in [9.17, 15) is 9.18 Å². The fourth-order valence-corrected chi connectivity index (χ4v) is 1.62. The van der Waals surface area contributed by atoms with Gasteiger partial charge in [0.05, 0.1) is 5.69 Å². The number of anilines is 1. The third-order valence-electron chi connectivity index (χ3n) is 2.62. The Hall–Kier alpha value is -1.58. The Morgan fingerprint density at radius 2 is 2.21 bits per heavy atom. The van der Waals surface area contributed by atoms with Crippen molar-refractivity contribution in [3.8, 4) is 5.75 Å². The second-order valence-electron chi connectivity index (χ2n) is 3.69. The molecule has 1 heterocycles. The largest absolute Gasteiger partial charge is 0.475 e. The molecule has 14 heavy (non-hydrogen) atoms. The molecule has 0 bridgehead atoms. The topological polar surface area (TPSA) is 38.3 Å². The number of carbonyl (C=O) groups is 1. The van der Waals surface area contributed by atoms with E-state index in [2.05, 4.69) is 5.32 Å². The lowest BCUT2D eigenvalue weighted by molar-refractivity contribution is -0.125. The predicted molar refractivity (Wildman–Crippen MR) is 47.6 cm³/mol. The van der Waals surface area contributed by atoms with Crippen LogP contribution in [0.4, 0.5) is 10.1 Å². The Bertz CT molecular complexity index is 426. The van der Waals surface area contributed by atoms with Crippen LogP contribution in [0, 0.1) is 5.82 Å². The van der Waals surface area contributed by atoms with Crippen molar-refractivity contribution in [3.63, 3.8) is 0 Å². The number of hydrogen-bond acceptors (Lipinski definition) is 2. The molecule has 2 aliphatic rings. The number of carbonyl (C=O) groups excluding carboxylic acids is 1. The number of hydrogen-bond donors (Lipinski definition) is 1. The van der Waals surface area contributed by atoms with E-state index in [1.54, 1.807) is 0 Å². The van der Waals surface area contributed by atoms with Gasteiger partial charge < -0.3 is 10.1 Å². The third-order valence-corrected chi connectivity index (χ3v) is 2.62. The van der Waals surface area contributed by atoms with Crippen LogP contribution < -0.4 is 10.1 Å². The van der Waals surface area contributed by atoms with E-state index in [-0.39, 0.29) is 11.7 Å². The van der Waals surface area contributed by atoms with E-state index in [0.717, 1.165) is 12.8 Å². The van der Waals surface area contributed by atoms with Crippen LogP contribution in [0.15, 0.2) is 18.2 Å². The minimum absolute atomic E-state index is 0.114. The quantitative estimate of drug-likeness (QED) is 0.680. The second kappa shape index (κ2) is 2.26. The highest BCUT2D eigenvalue weighted by Gasteiger charge is 2.55. The molecule has 1 saturated carbocycles. The molecule has 1 spiro atoms. The molecule has 0 atom stereocenters. The summed E-state index contributed by atoms with van der Waals surface area (Å²) in [6.45, 7) is 0. The molecule has 1 amide bonds. The highest BCUT2D eigenvalue weighted by atomic mass is 19.1. The lowest BCUT2D eigenvalue weighted by Crippen LogP contribution is -2.38. The Morgan fingerprint density at radius 3 is 2.93 bits per heavy atom. The summed E-state index contributed by atoms with van der Waals surface area (Å²) in [5.74, 6) is -0.0330. The van der Waals surface area contributed by atoms with E-state index in [4.69, 9.17) is 4.74 Å². The fourth-order valence-electron chi connectivity index (χ4n) is 1.62. The van der Waals surface area contributed by atoms with Crippen LogP contribution in [0.3, 0.4) is 0 Å². The number of amides is 1. The average Bonchev–Trinajstić information content (AvgIpc) is 2.89. The zero-order valence-corrected chi connectivity index (χ0v) is 7.34. The Labute approximate surface area is 79.9 Å². The number of ether oxygens (including phenoxy) is 1. The lowest BCUT2D eigenvalue weighted by Gasteiger charge is -2.25. The molecule has 0 unspecified atom stereocenters. The van der Waals surface area contributed by atoms with Crippen molar-refractivity contribution in [3.05, 3.63) is 24.0 Å². The first-order valence-electron chi connectivity index (χ1n) is 4.50. The van der Waals surface area contributed by atoms with Crippen LogP contribution in [-0.2, 0) is 4.79 Å². The van der Waals surface area contributed by atoms with Crippen molar-refractivity contribution in [2.45, 2.75) is 18.4 Å². The van der Waals surface area contributed by atoms with Gasteiger partial charge in [-0.25, -0.2) is 4.39 Å². The van der Waals surface area contributed by atoms with E-state index < -0.39 is 5.60 Å². The molecule has 0 radical (unpaired) electrons. The van der Waals surface area contributed by atoms with Crippen LogP contribution in [0.1, 0.15) is 12.8 Å². The van der Waals surface area contributed by atoms with Crippen LogP contribution in [0.25, 0.3) is 0 Å². The summed E-state index contributed by atoms with van der Waals surface area (Å²) in [6.07, 6.45) is 1.43. The molecule has 1 aliphatic carbocycles. The van der Waals surface area contributed by atoms with Gasteiger partial charge in [0.15, 0.2) is 5.60 Å². The number of fused-ring (bicyclic) bond motifs is 1. The van der Waals surface area contributed by atoms with Gasteiger partial charge in [-0.1, -0.05) is 0 Å². The normalized spacial score (nSPS) is 21.1. The molecular weight excluding hydrogens is 185 g/mol. The van der Waals surface area contributed by atoms with Crippen LogP contribution in [0.5, 0.6) is 5.75 Å². The summed E-state index contributed by atoms with van der Waals surface area (Å²) in [5.41, 5.74) is -0.144. The molecule has 3 nitrogen and oxygen atoms in total. The summed E-state index contributed by atoms with van der Waals surface area (Å²) < 4.78 is 18.3. The molecule has 4 heteroatoms. The minimum atomic E-state index is -0.694. The van der Waals surface area contributed by atoms with Gasteiger partial charge in [-0.3, -0.25) is 4.79 Å². The van der Waals surface area contributed by atoms with Gasteiger partial charge in [-0.2, -0.15) is 0 Å². The number of rotatable bonds is 0. The van der Waals surface area contributed by atoms with E-state index in [0.29, 0.717) is 11.4 Å². The average molecular weight is 193 g/mol. The summed E-state index contributed by atoms with van der Waals surface area (Å²) in [5, 5.41) is 2.71. The standard InChI is InChI=1S/C10H8FNO2/c11-6-1-2-7-8(5-6)14-10(3-4-10)9(13)12-7/h1-2,5H,3-4H2,(H,12,13). The number of halogens is 1. The molecule has 0 aromatic heterocycles. The fraction of sp³-hybridized carbons (Fsp3) is 0.300. The van der Waals surface area contributed by atoms with Crippen molar-refractivity contribution < 1.29 is 13.9 Å². The molecule has 1 aromatic rings. The smallest absolute Gasteiger partial charge is 0.268 e. The first kappa shape index (κ1) is 7.79. The first-order chi connectivity index (χ1) is 6.70. The van der Waals surface area contributed by atoms with Gasteiger partial charge >= 0.3 is 0 Å². The van der Waals surface area contributed by atoms with E-state index in [1.807, 2.05) is 0 Å². The summed E-state index contributed by atoms with van der Waals surface area (Å²) in [4.78, 5) is 11.5. The lowest BCUT2D eigenvalue weighted by atomic mass is 10.2. The molecular formula is C10H8FNO2. The molecule has 3 rings (SSSR count). The van der Waals surface area contributed by atoms with Gasteiger partial charge in [0, 0.05) is 18.9 Å².